The average molecular weight is 376 g/mol. The van der Waals surface area contributed by atoms with Crippen LogP contribution in [0.15, 0.2) is 41.0 Å². The normalized spacial score (nSPS) is 17.2. The van der Waals surface area contributed by atoms with Crippen LogP contribution in [0.5, 0.6) is 0 Å². The molecule has 0 spiro atoms. The van der Waals surface area contributed by atoms with E-state index in [0.29, 0.717) is 5.69 Å². The molecule has 2 N–H and O–H groups in total. The number of carbonyl (C=O) groups excluding carboxylic acids is 2. The molecule has 1 heterocycles. The maximum absolute atomic E-state index is 12.9. The zero-order chi connectivity index (χ0) is 18.5. The Bertz CT molecular complexity index is 775. The summed E-state index contributed by atoms with van der Waals surface area (Å²) in [4.78, 5) is 24.4. The molecule has 1 aromatic carbocycles. The van der Waals surface area contributed by atoms with E-state index in [1.807, 2.05) is 6.07 Å². The molecule has 1 aliphatic carbocycles. The first-order valence-corrected chi connectivity index (χ1v) is 9.61. The highest BCUT2D eigenvalue weighted by molar-refractivity contribution is 8.01. The van der Waals surface area contributed by atoms with E-state index in [1.54, 1.807) is 13.2 Å². The number of thioether (sulfide) groups is 1. The van der Waals surface area contributed by atoms with E-state index < -0.39 is 0 Å². The zero-order valence-electron chi connectivity index (χ0n) is 14.5. The average Bonchev–Trinajstić information content (AvgIpc) is 3.11. The molecule has 0 saturated heterocycles. The molecule has 138 valence electrons. The van der Waals surface area contributed by atoms with Gasteiger partial charge in [-0.2, -0.15) is 0 Å². The minimum atomic E-state index is -0.355. The van der Waals surface area contributed by atoms with Crippen LogP contribution in [-0.2, 0) is 16.0 Å². The van der Waals surface area contributed by atoms with Crippen molar-refractivity contribution in [3.63, 3.8) is 0 Å². The van der Waals surface area contributed by atoms with Crippen molar-refractivity contribution in [3.05, 3.63) is 53.7 Å². The maximum atomic E-state index is 12.9. The van der Waals surface area contributed by atoms with Gasteiger partial charge in [-0.15, -0.1) is 11.8 Å². The van der Waals surface area contributed by atoms with Gasteiger partial charge in [0.15, 0.2) is 0 Å². The lowest BCUT2D eigenvalue weighted by Crippen LogP contribution is -2.36. The number of furan rings is 1. The second kappa shape index (κ2) is 8.40. The zero-order valence-corrected chi connectivity index (χ0v) is 15.3. The number of aryl methyl sites for hydroxylation is 1. The van der Waals surface area contributed by atoms with Crippen molar-refractivity contribution in [2.24, 2.45) is 0 Å². The number of benzene rings is 1. The van der Waals surface area contributed by atoms with Crippen molar-refractivity contribution >= 4 is 29.3 Å². The number of carbonyl (C=O) groups is 2. The third-order valence-corrected chi connectivity index (χ3v) is 5.47. The Labute approximate surface area is 155 Å². The minimum absolute atomic E-state index is 0.0268. The van der Waals surface area contributed by atoms with Gasteiger partial charge < -0.3 is 15.1 Å². The number of rotatable bonds is 6. The van der Waals surface area contributed by atoms with E-state index in [-0.39, 0.29) is 34.7 Å². The Morgan fingerprint density at radius 3 is 2.85 bits per heavy atom. The summed E-state index contributed by atoms with van der Waals surface area (Å²) in [7, 11) is 0. The van der Waals surface area contributed by atoms with E-state index >= 15 is 0 Å². The first-order valence-electron chi connectivity index (χ1n) is 8.56. The second-order valence-corrected chi connectivity index (χ2v) is 7.59. The third-order valence-electron chi connectivity index (χ3n) is 4.33. The Hall–Kier alpha value is -2.28. The highest BCUT2D eigenvalue weighted by Gasteiger charge is 2.26. The van der Waals surface area contributed by atoms with Crippen LogP contribution < -0.4 is 10.6 Å². The van der Waals surface area contributed by atoms with Gasteiger partial charge in [-0.3, -0.25) is 9.59 Å². The highest BCUT2D eigenvalue weighted by Crippen LogP contribution is 2.30. The van der Waals surface area contributed by atoms with E-state index in [2.05, 4.69) is 10.6 Å². The Kier molecular flexibility index (Phi) is 5.98. The SMILES string of the molecule is CC(SCC(=O)Nc1ccc(F)cc1)C(=O)NC1CCCc2occc21. The van der Waals surface area contributed by atoms with Gasteiger partial charge in [0.25, 0.3) is 0 Å². The van der Waals surface area contributed by atoms with Crippen LogP contribution in [0, 0.1) is 5.82 Å². The van der Waals surface area contributed by atoms with E-state index in [0.717, 1.165) is 30.6 Å². The molecule has 0 fully saturated rings. The molecule has 2 atom stereocenters. The van der Waals surface area contributed by atoms with E-state index in [9.17, 15) is 14.0 Å². The molecule has 7 heteroatoms. The largest absolute Gasteiger partial charge is 0.469 e. The van der Waals surface area contributed by atoms with Gasteiger partial charge in [0.1, 0.15) is 11.6 Å². The summed E-state index contributed by atoms with van der Waals surface area (Å²) in [5.74, 6) is 0.416. The third kappa shape index (κ3) is 4.66. The molecule has 3 rings (SSSR count). The fourth-order valence-corrected chi connectivity index (χ4v) is 3.63. The van der Waals surface area contributed by atoms with Crippen molar-refractivity contribution in [2.45, 2.75) is 37.5 Å². The van der Waals surface area contributed by atoms with Crippen LogP contribution >= 0.6 is 11.8 Å². The summed E-state index contributed by atoms with van der Waals surface area (Å²) in [6, 6.07) is 7.45. The van der Waals surface area contributed by atoms with Crippen molar-refractivity contribution in [3.8, 4) is 0 Å². The molecule has 5 nitrogen and oxygen atoms in total. The lowest BCUT2D eigenvalue weighted by molar-refractivity contribution is -0.121. The molecule has 2 amide bonds. The van der Waals surface area contributed by atoms with Crippen molar-refractivity contribution in [2.75, 3.05) is 11.1 Å². The number of hydrogen-bond donors (Lipinski definition) is 2. The number of nitrogens with one attached hydrogen (secondary N) is 2. The second-order valence-electron chi connectivity index (χ2n) is 6.26. The predicted octanol–water partition coefficient (Wildman–Crippen LogP) is 3.67. The van der Waals surface area contributed by atoms with Gasteiger partial charge in [0.05, 0.1) is 23.3 Å². The molecule has 0 bridgehead atoms. The maximum Gasteiger partial charge on any atom is 0.234 e. The number of fused-ring (bicyclic) bond motifs is 1. The van der Waals surface area contributed by atoms with Crippen LogP contribution in [0.4, 0.5) is 10.1 Å². The molecular formula is C19H21FN2O3S. The van der Waals surface area contributed by atoms with Gasteiger partial charge in [0.2, 0.25) is 11.8 Å². The smallest absolute Gasteiger partial charge is 0.234 e. The molecule has 1 aliphatic rings. The van der Waals surface area contributed by atoms with Crippen LogP contribution in [0.2, 0.25) is 0 Å². The molecule has 2 aromatic rings. The number of amides is 2. The summed E-state index contributed by atoms with van der Waals surface area (Å²) in [5, 5.41) is 5.38. The molecule has 0 saturated carbocycles. The minimum Gasteiger partial charge on any atom is -0.469 e. The predicted molar refractivity (Wildman–Crippen MR) is 99.5 cm³/mol. The topological polar surface area (TPSA) is 71.3 Å². The fraction of sp³-hybridized carbons (Fsp3) is 0.368. The standard InChI is InChI=1S/C19H21FN2O3S/c1-12(26-11-18(23)21-14-7-5-13(20)6-8-14)19(24)22-16-3-2-4-17-15(16)9-10-25-17/h5-10,12,16H,2-4,11H2,1H3,(H,21,23)(H,22,24). The molecule has 2 unspecified atom stereocenters. The summed E-state index contributed by atoms with van der Waals surface area (Å²) in [5.41, 5.74) is 1.58. The van der Waals surface area contributed by atoms with Gasteiger partial charge in [-0.25, -0.2) is 4.39 Å². The summed E-state index contributed by atoms with van der Waals surface area (Å²) < 4.78 is 18.3. The van der Waals surface area contributed by atoms with Crippen LogP contribution in [0.25, 0.3) is 0 Å². The first-order chi connectivity index (χ1) is 12.5. The first kappa shape index (κ1) is 18.5. The van der Waals surface area contributed by atoms with E-state index in [4.69, 9.17) is 4.42 Å². The van der Waals surface area contributed by atoms with E-state index in [1.165, 1.54) is 36.0 Å². The molecule has 26 heavy (non-hydrogen) atoms. The van der Waals surface area contributed by atoms with Crippen LogP contribution in [0.3, 0.4) is 0 Å². The summed E-state index contributed by atoms with van der Waals surface area (Å²) >= 11 is 1.27. The van der Waals surface area contributed by atoms with Crippen LogP contribution in [0.1, 0.15) is 37.1 Å². The fourth-order valence-electron chi connectivity index (χ4n) is 2.93. The summed E-state index contributed by atoms with van der Waals surface area (Å²) in [6.07, 6.45) is 4.43. The molecule has 0 aliphatic heterocycles. The molecule has 1 aromatic heterocycles. The molecule has 0 radical (unpaired) electrons. The summed E-state index contributed by atoms with van der Waals surface area (Å²) in [6.45, 7) is 1.78. The van der Waals surface area contributed by atoms with Crippen molar-refractivity contribution in [1.82, 2.24) is 5.32 Å². The quantitative estimate of drug-likeness (QED) is 0.807. The molecular weight excluding hydrogens is 355 g/mol. The van der Waals surface area contributed by atoms with Crippen LogP contribution in [-0.4, -0.2) is 22.8 Å². The Balaban J connectivity index is 1.46. The van der Waals surface area contributed by atoms with Crippen molar-refractivity contribution in [1.29, 1.82) is 0 Å². The van der Waals surface area contributed by atoms with Gasteiger partial charge in [-0.1, -0.05) is 0 Å². The van der Waals surface area contributed by atoms with Gasteiger partial charge in [-0.05, 0) is 50.1 Å². The van der Waals surface area contributed by atoms with Gasteiger partial charge in [0, 0.05) is 17.7 Å². The van der Waals surface area contributed by atoms with Crippen molar-refractivity contribution < 1.29 is 18.4 Å². The number of hydrogen-bond acceptors (Lipinski definition) is 4. The number of halogens is 1. The lowest BCUT2D eigenvalue weighted by atomic mass is 9.93. The lowest BCUT2D eigenvalue weighted by Gasteiger charge is -2.24. The monoisotopic (exact) mass is 376 g/mol. The Morgan fingerprint density at radius 1 is 1.31 bits per heavy atom. The highest BCUT2D eigenvalue weighted by atomic mass is 32.2. The van der Waals surface area contributed by atoms with Gasteiger partial charge >= 0.3 is 0 Å². The number of anilines is 1. The Morgan fingerprint density at radius 2 is 2.08 bits per heavy atom.